The van der Waals surface area contributed by atoms with Gasteiger partial charge in [0.05, 0.1) is 11.4 Å². The predicted octanol–water partition coefficient (Wildman–Crippen LogP) is 5.67. The summed E-state index contributed by atoms with van der Waals surface area (Å²) in [6.45, 7) is 17.3. The van der Waals surface area contributed by atoms with Gasteiger partial charge in [0.2, 0.25) is 17.7 Å². The maximum absolute atomic E-state index is 13.1. The number of hydrogen-bond acceptors (Lipinski definition) is 12. The van der Waals surface area contributed by atoms with Crippen LogP contribution in [0.25, 0.3) is 5.95 Å². The first-order valence-corrected chi connectivity index (χ1v) is 14.9. The molecule has 0 saturated heterocycles. The van der Waals surface area contributed by atoms with Crippen molar-refractivity contribution in [3.63, 3.8) is 0 Å². The van der Waals surface area contributed by atoms with Gasteiger partial charge in [-0.15, -0.1) is 10.2 Å². The Morgan fingerprint density at radius 2 is 1.45 bits per heavy atom. The van der Waals surface area contributed by atoms with Gasteiger partial charge >= 0.3 is 6.03 Å². The number of carbonyl (C=O) groups excluding carboxylic acids is 1. The Hall–Kier alpha value is -4.61. The third-order valence-electron chi connectivity index (χ3n) is 6.54. The molecule has 0 radical (unpaired) electrons. The third kappa shape index (κ3) is 7.66. The highest BCUT2D eigenvalue weighted by Crippen LogP contribution is 2.39. The minimum Gasteiger partial charge on any atom is -0.382 e. The Kier molecular flexibility index (Phi) is 10.6. The van der Waals surface area contributed by atoms with Crippen molar-refractivity contribution < 1.29 is 4.79 Å². The maximum atomic E-state index is 13.1. The number of rotatable bonds is 11. The molecular formula is C29H46N14O. The van der Waals surface area contributed by atoms with E-state index >= 15 is 0 Å². The minimum atomic E-state index is -0.530. The number of unbranched alkanes of at least 4 members (excludes halogenated alkanes) is 2. The van der Waals surface area contributed by atoms with E-state index in [0.29, 0.717) is 36.4 Å². The summed E-state index contributed by atoms with van der Waals surface area (Å²) in [7, 11) is 3.19. The van der Waals surface area contributed by atoms with Crippen LogP contribution in [0.4, 0.5) is 34.0 Å². The fraction of sp³-hybridized carbons (Fsp3) is 0.621. The topological polar surface area (TPSA) is 193 Å². The fourth-order valence-electron chi connectivity index (χ4n) is 4.10. The van der Waals surface area contributed by atoms with E-state index in [2.05, 4.69) is 60.8 Å². The summed E-state index contributed by atoms with van der Waals surface area (Å²) in [5.41, 5.74) is 7.01. The molecule has 0 fully saturated rings. The first-order chi connectivity index (χ1) is 20.6. The van der Waals surface area contributed by atoms with Crippen LogP contribution in [0.2, 0.25) is 0 Å². The van der Waals surface area contributed by atoms with Crippen molar-refractivity contribution in [1.29, 1.82) is 5.26 Å². The van der Waals surface area contributed by atoms with E-state index in [9.17, 15) is 10.1 Å². The Labute approximate surface area is 259 Å². The van der Waals surface area contributed by atoms with Crippen molar-refractivity contribution in [2.75, 3.05) is 43.6 Å². The number of hydrogen-bond donors (Lipinski definition) is 3. The molecule has 0 aliphatic heterocycles. The number of nitrogens with one attached hydrogen (secondary N) is 2. The molecular weight excluding hydrogens is 560 g/mol. The maximum Gasteiger partial charge on any atom is 0.346 e. The highest BCUT2D eigenvalue weighted by Gasteiger charge is 2.31. The monoisotopic (exact) mass is 606 g/mol. The van der Waals surface area contributed by atoms with Crippen LogP contribution in [-0.4, -0.2) is 72.6 Å². The summed E-state index contributed by atoms with van der Waals surface area (Å²) < 4.78 is 2.51. The molecule has 0 aromatic carbocycles. The molecule has 0 unspecified atom stereocenters. The minimum absolute atomic E-state index is 0.00751. The molecule has 238 valence electrons. The molecule has 1 amide bonds. The van der Waals surface area contributed by atoms with E-state index in [0.717, 1.165) is 30.4 Å². The number of nitrogens with two attached hydrogens (primary N) is 1. The van der Waals surface area contributed by atoms with Crippen molar-refractivity contribution in [1.82, 2.24) is 39.4 Å². The van der Waals surface area contributed by atoms with E-state index in [1.54, 1.807) is 14.1 Å². The summed E-state index contributed by atoms with van der Waals surface area (Å²) in [4.78, 5) is 28.1. The number of carbonyl (C=O) groups is 1. The van der Waals surface area contributed by atoms with Gasteiger partial charge in [-0.25, -0.2) is 4.79 Å². The zero-order valence-corrected chi connectivity index (χ0v) is 27.6. The van der Waals surface area contributed by atoms with Crippen LogP contribution in [0, 0.1) is 11.3 Å². The van der Waals surface area contributed by atoms with Gasteiger partial charge in [-0.2, -0.15) is 39.8 Å². The van der Waals surface area contributed by atoms with Gasteiger partial charge in [-0.05, 0) is 12.8 Å². The number of nitrogens with zero attached hydrogens (tertiary/aromatic N) is 11. The largest absolute Gasteiger partial charge is 0.382 e. The van der Waals surface area contributed by atoms with E-state index in [1.165, 1.54) is 9.58 Å². The van der Waals surface area contributed by atoms with Crippen LogP contribution in [0.1, 0.15) is 98.0 Å². The van der Waals surface area contributed by atoms with Crippen LogP contribution in [0.5, 0.6) is 0 Å². The second-order valence-corrected chi connectivity index (χ2v) is 12.8. The van der Waals surface area contributed by atoms with E-state index in [4.69, 9.17) is 10.8 Å². The van der Waals surface area contributed by atoms with Gasteiger partial charge in [-0.3, -0.25) is 0 Å². The average Bonchev–Trinajstić information content (AvgIpc) is 3.49. The summed E-state index contributed by atoms with van der Waals surface area (Å²) >= 11 is 0. The molecule has 0 aliphatic rings. The normalized spacial score (nSPS) is 12.0. The number of aromatic nitrogens is 7. The molecule has 0 aliphatic carbocycles. The van der Waals surface area contributed by atoms with E-state index in [1.807, 2.05) is 41.5 Å². The molecule has 3 heterocycles. The lowest BCUT2D eigenvalue weighted by molar-refractivity contribution is 0.216. The van der Waals surface area contributed by atoms with Crippen molar-refractivity contribution in [2.24, 2.45) is 10.2 Å². The average molecular weight is 607 g/mol. The first-order valence-electron chi connectivity index (χ1n) is 14.9. The lowest BCUT2D eigenvalue weighted by Crippen LogP contribution is -2.28. The number of azo groups is 1. The lowest BCUT2D eigenvalue weighted by Gasteiger charge is -2.15. The van der Waals surface area contributed by atoms with Crippen LogP contribution in [-0.2, 0) is 10.8 Å². The zero-order chi connectivity index (χ0) is 32.8. The lowest BCUT2D eigenvalue weighted by atomic mass is 9.90. The zero-order valence-electron chi connectivity index (χ0n) is 27.6. The van der Waals surface area contributed by atoms with Crippen molar-refractivity contribution in [3.8, 4) is 12.0 Å². The smallest absolute Gasteiger partial charge is 0.346 e. The van der Waals surface area contributed by atoms with Crippen molar-refractivity contribution >= 4 is 35.3 Å². The number of amides is 1. The van der Waals surface area contributed by atoms with Gasteiger partial charge in [-0.1, -0.05) is 68.2 Å². The van der Waals surface area contributed by atoms with Gasteiger partial charge < -0.3 is 21.3 Å². The molecule has 0 atom stereocenters. The molecule has 3 aromatic heterocycles. The molecule has 3 aromatic rings. The molecule has 0 bridgehead atoms. The highest BCUT2D eigenvalue weighted by atomic mass is 16.2. The van der Waals surface area contributed by atoms with Crippen LogP contribution in [0.3, 0.4) is 0 Å². The molecule has 0 saturated carbocycles. The second-order valence-electron chi connectivity index (χ2n) is 12.8. The quantitative estimate of drug-likeness (QED) is 0.181. The fourth-order valence-corrected chi connectivity index (χ4v) is 4.10. The Bertz CT molecular complexity index is 1500. The Morgan fingerprint density at radius 1 is 0.909 bits per heavy atom. The van der Waals surface area contributed by atoms with Crippen LogP contribution < -0.4 is 16.4 Å². The number of anilines is 3. The molecule has 4 N–H and O–H groups in total. The standard InChI is InChI=1S/C29H46N14O/c1-11-13-15-32-24-34-25(33-16-14-12-2)36-26(35-24)42-22(31)19(21(40-42)29(6,7)8)37-38-23-18(17-30)20(28(3,4)5)39-43(23)27(44)41(9)10/h11-16,31H2,1-10H3,(H2,32,33,34,35,36)/b38-37+. The third-order valence-corrected chi connectivity index (χ3v) is 6.54. The first kappa shape index (κ1) is 33.9. The predicted molar refractivity (Wildman–Crippen MR) is 171 cm³/mol. The van der Waals surface area contributed by atoms with Crippen LogP contribution >= 0.6 is 0 Å². The SMILES string of the molecule is CCCCNc1nc(NCCCC)nc(-n2nc(C(C)(C)C)c(/N=N/c3c(C#N)c(C(C)(C)C)nn3C(=O)N(C)C)c2N)n1. The van der Waals surface area contributed by atoms with E-state index in [-0.39, 0.29) is 28.8 Å². The summed E-state index contributed by atoms with van der Waals surface area (Å²) in [5, 5.41) is 34.7. The number of nitrogen functional groups attached to an aromatic ring is 1. The molecule has 15 heteroatoms. The van der Waals surface area contributed by atoms with Crippen LogP contribution in [0.15, 0.2) is 10.2 Å². The Balaban J connectivity index is 2.21. The summed E-state index contributed by atoms with van der Waals surface area (Å²) in [6, 6.07) is 1.69. The highest BCUT2D eigenvalue weighted by molar-refractivity contribution is 5.80. The van der Waals surface area contributed by atoms with Crippen molar-refractivity contribution in [3.05, 3.63) is 17.0 Å². The second kappa shape index (κ2) is 13.8. The van der Waals surface area contributed by atoms with Gasteiger partial charge in [0.15, 0.2) is 11.5 Å². The molecule has 15 nitrogen and oxygen atoms in total. The van der Waals surface area contributed by atoms with Gasteiger partial charge in [0, 0.05) is 38.0 Å². The molecule has 44 heavy (non-hydrogen) atoms. The number of nitriles is 1. The molecule has 3 rings (SSSR count). The van der Waals surface area contributed by atoms with Crippen molar-refractivity contribution in [2.45, 2.75) is 91.9 Å². The van der Waals surface area contributed by atoms with Gasteiger partial charge in [0.1, 0.15) is 11.6 Å². The summed E-state index contributed by atoms with van der Waals surface area (Å²) in [6.07, 6.45) is 3.95. The van der Waals surface area contributed by atoms with Gasteiger partial charge in [0.25, 0.3) is 5.95 Å². The van der Waals surface area contributed by atoms with E-state index < -0.39 is 16.9 Å². The summed E-state index contributed by atoms with van der Waals surface area (Å²) in [5.74, 6) is 1.16. The Morgan fingerprint density at radius 3 is 1.91 bits per heavy atom. The molecule has 0 spiro atoms.